The zero-order valence-electron chi connectivity index (χ0n) is 15.7. The van der Waals surface area contributed by atoms with Crippen molar-refractivity contribution < 1.29 is 0 Å². The zero-order valence-corrected chi connectivity index (χ0v) is 16.5. The van der Waals surface area contributed by atoms with Gasteiger partial charge in [-0.3, -0.25) is 0 Å². The fourth-order valence-corrected chi connectivity index (χ4v) is 3.80. The number of fused-ring (bicyclic) bond motifs is 1. The summed E-state index contributed by atoms with van der Waals surface area (Å²) in [5.74, 6) is 1.62. The molecule has 1 saturated carbocycles. The summed E-state index contributed by atoms with van der Waals surface area (Å²) >= 11 is 6.16. The second-order valence-electron chi connectivity index (χ2n) is 7.31. The van der Waals surface area contributed by atoms with Crippen LogP contribution in [0.2, 0.25) is 5.02 Å². The van der Waals surface area contributed by atoms with E-state index in [2.05, 4.69) is 20.9 Å². The summed E-state index contributed by atoms with van der Waals surface area (Å²) < 4.78 is 2.10. The molecule has 0 spiro atoms. The molecule has 1 fully saturated rings. The van der Waals surface area contributed by atoms with Crippen LogP contribution in [0, 0.1) is 5.92 Å². The van der Waals surface area contributed by atoms with Crippen molar-refractivity contribution in [1.29, 1.82) is 0 Å². The molecule has 27 heavy (non-hydrogen) atoms. The molecule has 1 radical (unpaired) electrons. The predicted molar refractivity (Wildman–Crippen MR) is 115 cm³/mol. The Hall–Kier alpha value is -2.27. The molecule has 0 saturated heterocycles. The minimum absolute atomic E-state index is 0.693. The third-order valence-electron chi connectivity index (χ3n) is 5.49. The molecule has 0 aliphatic heterocycles. The molecule has 137 valence electrons. The molecule has 6 heteroatoms. The average Bonchev–Trinajstić information content (AvgIpc) is 3.01. The van der Waals surface area contributed by atoms with Gasteiger partial charge >= 0.3 is 166 Å². The van der Waals surface area contributed by atoms with Crippen LogP contribution >= 0.6 is 11.6 Å². The quantitative estimate of drug-likeness (QED) is 0.658. The Kier molecular flexibility index (Phi) is 4.96. The van der Waals surface area contributed by atoms with E-state index in [1.54, 1.807) is 0 Å². The van der Waals surface area contributed by atoms with E-state index in [9.17, 15) is 0 Å². The van der Waals surface area contributed by atoms with Gasteiger partial charge in [0.05, 0.1) is 0 Å². The minimum atomic E-state index is 0.693. The van der Waals surface area contributed by atoms with Gasteiger partial charge in [-0.05, 0) is 0 Å². The molecule has 1 aliphatic carbocycles. The molecule has 4 rings (SSSR count). The van der Waals surface area contributed by atoms with Crippen LogP contribution in [-0.4, -0.2) is 36.2 Å². The molecule has 2 aromatic heterocycles. The van der Waals surface area contributed by atoms with E-state index >= 15 is 0 Å². The van der Waals surface area contributed by atoms with E-state index in [4.69, 9.17) is 24.1 Å². The number of hydrogen-bond donors (Lipinski definition) is 1. The number of anilines is 2. The fraction of sp³-hybridized carbons (Fsp3) is 0.333. The van der Waals surface area contributed by atoms with Crippen LogP contribution in [0.3, 0.4) is 0 Å². The van der Waals surface area contributed by atoms with Crippen molar-refractivity contribution in [3.05, 3.63) is 53.3 Å². The van der Waals surface area contributed by atoms with Gasteiger partial charge in [0.25, 0.3) is 0 Å². The summed E-state index contributed by atoms with van der Waals surface area (Å²) in [6.45, 7) is 0.932. The maximum atomic E-state index is 6.39. The van der Waals surface area contributed by atoms with Gasteiger partial charge in [0, 0.05) is 0 Å². The van der Waals surface area contributed by atoms with Crippen LogP contribution in [0.4, 0.5) is 11.5 Å². The van der Waals surface area contributed by atoms with E-state index in [1.807, 2.05) is 50.8 Å². The SMILES string of the molecule is [B]=C(NCC1CCC1)c1cnc(N(C)c2cccc(Cl)c2)c2ccn(C)c12. The van der Waals surface area contributed by atoms with Gasteiger partial charge < -0.3 is 0 Å². The van der Waals surface area contributed by atoms with E-state index < -0.39 is 0 Å². The first-order chi connectivity index (χ1) is 13.0. The summed E-state index contributed by atoms with van der Waals surface area (Å²) in [4.78, 5) is 6.79. The van der Waals surface area contributed by atoms with Crippen molar-refractivity contribution in [2.24, 2.45) is 13.0 Å². The normalized spacial score (nSPS) is 14.1. The number of aromatic nitrogens is 2. The van der Waals surface area contributed by atoms with Gasteiger partial charge in [-0.15, -0.1) is 0 Å². The van der Waals surface area contributed by atoms with Crippen LogP contribution in [0.15, 0.2) is 42.7 Å². The molecule has 2 heterocycles. The Labute approximate surface area is 166 Å². The number of nitrogens with zero attached hydrogens (tertiary/aromatic N) is 3. The molecule has 4 nitrogen and oxygen atoms in total. The summed E-state index contributed by atoms with van der Waals surface area (Å²) in [6.07, 6.45) is 7.83. The van der Waals surface area contributed by atoms with Crippen LogP contribution in [-0.2, 0) is 7.05 Å². The van der Waals surface area contributed by atoms with Crippen molar-refractivity contribution in [3.8, 4) is 0 Å². The number of aryl methyl sites for hydroxylation is 1. The Morgan fingerprint density at radius 3 is 2.89 bits per heavy atom. The molecule has 0 unspecified atom stereocenters. The standard InChI is InChI=1S/C21H23BClN4/c1-26-10-9-17-19(26)18(20(22)24-12-14-5-3-6-14)13-25-21(17)27(2)16-8-4-7-15(23)11-16/h4,7-11,13-14,24H,3,5-6,12H2,1-2H3. The number of halogens is 1. The van der Waals surface area contributed by atoms with Gasteiger partial charge in [0.1, 0.15) is 0 Å². The molecule has 1 aromatic carbocycles. The fourth-order valence-electron chi connectivity index (χ4n) is 3.62. The van der Waals surface area contributed by atoms with E-state index in [-0.39, 0.29) is 0 Å². The van der Waals surface area contributed by atoms with Crippen LogP contribution in [0.1, 0.15) is 24.8 Å². The van der Waals surface area contributed by atoms with Crippen LogP contribution in [0.25, 0.3) is 10.9 Å². The molecular formula is C21H23BClN4. The third kappa shape index (κ3) is 3.48. The van der Waals surface area contributed by atoms with Gasteiger partial charge in [0.15, 0.2) is 0 Å². The monoisotopic (exact) mass is 377 g/mol. The Morgan fingerprint density at radius 1 is 1.37 bits per heavy atom. The first kappa shape index (κ1) is 18.1. The van der Waals surface area contributed by atoms with Crippen molar-refractivity contribution >= 4 is 47.1 Å². The van der Waals surface area contributed by atoms with Gasteiger partial charge in [-0.25, -0.2) is 0 Å². The van der Waals surface area contributed by atoms with Crippen LogP contribution in [0.5, 0.6) is 0 Å². The van der Waals surface area contributed by atoms with Crippen molar-refractivity contribution in [1.82, 2.24) is 14.9 Å². The van der Waals surface area contributed by atoms with Crippen molar-refractivity contribution in [3.63, 3.8) is 0 Å². The maximum absolute atomic E-state index is 6.39. The summed E-state index contributed by atoms with van der Waals surface area (Å²) in [7, 11) is 10.4. The topological polar surface area (TPSA) is 33.1 Å². The van der Waals surface area contributed by atoms with E-state index in [1.165, 1.54) is 19.3 Å². The Balaban J connectivity index is 1.69. The predicted octanol–water partition coefficient (Wildman–Crippen LogP) is 4.03. The first-order valence-electron chi connectivity index (χ1n) is 9.34. The van der Waals surface area contributed by atoms with E-state index in [0.29, 0.717) is 10.6 Å². The van der Waals surface area contributed by atoms with E-state index in [0.717, 1.165) is 40.4 Å². The second-order valence-corrected chi connectivity index (χ2v) is 7.75. The summed E-state index contributed by atoms with van der Waals surface area (Å²) in [6, 6.07) is 9.86. The van der Waals surface area contributed by atoms with Gasteiger partial charge in [-0.2, -0.15) is 0 Å². The zero-order chi connectivity index (χ0) is 19.0. The molecule has 1 aliphatic rings. The number of pyridine rings is 1. The number of rotatable bonds is 6. The number of nitrogens with one attached hydrogen (secondary N) is 1. The molecule has 0 bridgehead atoms. The molecule has 0 amide bonds. The summed E-state index contributed by atoms with van der Waals surface area (Å²) in [5.41, 5.74) is 3.71. The number of benzene rings is 1. The number of hydrogen-bond acceptors (Lipinski definition) is 3. The summed E-state index contributed by atoms with van der Waals surface area (Å²) in [5, 5.41) is 5.18. The van der Waals surface area contributed by atoms with Crippen molar-refractivity contribution in [2.45, 2.75) is 19.3 Å². The van der Waals surface area contributed by atoms with Crippen LogP contribution < -0.4 is 10.2 Å². The molecule has 0 atom stereocenters. The van der Waals surface area contributed by atoms with Gasteiger partial charge in [-0.1, -0.05) is 0 Å². The third-order valence-corrected chi connectivity index (χ3v) is 5.73. The second kappa shape index (κ2) is 7.39. The van der Waals surface area contributed by atoms with Gasteiger partial charge in [0.2, 0.25) is 0 Å². The Morgan fingerprint density at radius 2 is 2.19 bits per heavy atom. The first-order valence-corrected chi connectivity index (χ1v) is 9.72. The molecular weight excluding hydrogens is 355 g/mol. The molecule has 1 N–H and O–H groups in total. The van der Waals surface area contributed by atoms with Crippen molar-refractivity contribution in [2.75, 3.05) is 18.5 Å². The molecule has 3 aromatic rings. The average molecular weight is 378 g/mol. The Bertz CT molecular complexity index is 993.